The van der Waals surface area contributed by atoms with Crippen LogP contribution in [0.3, 0.4) is 0 Å². The summed E-state index contributed by atoms with van der Waals surface area (Å²) in [5, 5.41) is 2.94. The Morgan fingerprint density at radius 1 is 1.48 bits per heavy atom. The lowest BCUT2D eigenvalue weighted by atomic mass is 10.1. The van der Waals surface area contributed by atoms with Crippen LogP contribution >= 0.6 is 0 Å². The molecule has 1 aromatic rings. The summed E-state index contributed by atoms with van der Waals surface area (Å²) >= 11 is 0. The summed E-state index contributed by atoms with van der Waals surface area (Å²) in [6, 6.07) is 7.71. The van der Waals surface area contributed by atoms with Gasteiger partial charge in [-0.3, -0.25) is 9.59 Å². The van der Waals surface area contributed by atoms with Crippen LogP contribution in [0.1, 0.15) is 37.8 Å². The number of anilines is 1. The van der Waals surface area contributed by atoms with Gasteiger partial charge in [0, 0.05) is 32.2 Å². The Kier molecular flexibility index (Phi) is 5.33. The van der Waals surface area contributed by atoms with Gasteiger partial charge in [-0.2, -0.15) is 0 Å². The van der Waals surface area contributed by atoms with Crippen molar-refractivity contribution in [2.75, 3.05) is 25.2 Å². The second kappa shape index (κ2) is 7.22. The van der Waals surface area contributed by atoms with E-state index in [-0.39, 0.29) is 17.9 Å². The Hall–Kier alpha value is -1.88. The molecule has 1 atom stereocenters. The standard InChI is InChI=1S/C16H22N2O3/c1-12(17-15(19)8-10-21-2)13-5-3-6-14(11-13)18-9-4-7-16(18)20/h3,5-6,11-12H,4,7-10H2,1-2H3,(H,17,19). The van der Waals surface area contributed by atoms with Crippen molar-refractivity contribution in [2.24, 2.45) is 0 Å². The minimum absolute atomic E-state index is 0.0352. The van der Waals surface area contributed by atoms with Crippen LogP contribution in [0.25, 0.3) is 0 Å². The molecule has 21 heavy (non-hydrogen) atoms. The summed E-state index contributed by atoms with van der Waals surface area (Å²) < 4.78 is 4.89. The summed E-state index contributed by atoms with van der Waals surface area (Å²) in [6.07, 6.45) is 1.88. The highest BCUT2D eigenvalue weighted by molar-refractivity contribution is 5.95. The summed E-state index contributed by atoms with van der Waals surface area (Å²) in [5.41, 5.74) is 1.91. The molecule has 2 amide bonds. The summed E-state index contributed by atoms with van der Waals surface area (Å²) in [5.74, 6) is 0.135. The number of nitrogens with one attached hydrogen (secondary N) is 1. The van der Waals surface area contributed by atoms with Crippen LogP contribution in [0.2, 0.25) is 0 Å². The van der Waals surface area contributed by atoms with Crippen molar-refractivity contribution in [3.8, 4) is 0 Å². The number of carbonyl (C=O) groups excluding carboxylic acids is 2. The number of ether oxygens (including phenoxy) is 1. The Bertz CT molecular complexity index is 516. The highest BCUT2D eigenvalue weighted by Crippen LogP contribution is 2.24. The number of nitrogens with zero attached hydrogens (tertiary/aromatic N) is 1. The molecular formula is C16H22N2O3. The van der Waals surface area contributed by atoms with Gasteiger partial charge in [-0.05, 0) is 31.0 Å². The molecule has 1 unspecified atom stereocenters. The van der Waals surface area contributed by atoms with Crippen LogP contribution < -0.4 is 10.2 Å². The van der Waals surface area contributed by atoms with Gasteiger partial charge in [0.05, 0.1) is 12.6 Å². The molecule has 2 rings (SSSR count). The monoisotopic (exact) mass is 290 g/mol. The predicted molar refractivity (Wildman–Crippen MR) is 81.1 cm³/mol. The van der Waals surface area contributed by atoms with Gasteiger partial charge in [0.1, 0.15) is 0 Å². The number of amides is 2. The zero-order chi connectivity index (χ0) is 15.2. The van der Waals surface area contributed by atoms with Gasteiger partial charge in [0.25, 0.3) is 0 Å². The molecule has 114 valence electrons. The topological polar surface area (TPSA) is 58.6 Å². The van der Waals surface area contributed by atoms with Gasteiger partial charge >= 0.3 is 0 Å². The normalized spacial score (nSPS) is 16.1. The van der Waals surface area contributed by atoms with E-state index in [1.807, 2.05) is 36.1 Å². The number of hydrogen-bond donors (Lipinski definition) is 1. The fourth-order valence-corrected chi connectivity index (χ4v) is 2.47. The lowest BCUT2D eigenvalue weighted by Gasteiger charge is -2.19. The first-order valence-corrected chi connectivity index (χ1v) is 7.30. The third-order valence-corrected chi connectivity index (χ3v) is 3.67. The average Bonchev–Trinajstić information content (AvgIpc) is 2.91. The van der Waals surface area contributed by atoms with Gasteiger partial charge in [-0.25, -0.2) is 0 Å². The molecule has 1 aromatic carbocycles. The first kappa shape index (κ1) is 15.5. The number of methoxy groups -OCH3 is 1. The maximum absolute atomic E-state index is 11.8. The van der Waals surface area contributed by atoms with Crippen molar-refractivity contribution in [2.45, 2.75) is 32.2 Å². The number of rotatable bonds is 6. The van der Waals surface area contributed by atoms with Crippen molar-refractivity contribution in [3.63, 3.8) is 0 Å². The molecule has 1 saturated heterocycles. The molecule has 0 spiro atoms. The van der Waals surface area contributed by atoms with Gasteiger partial charge in [-0.15, -0.1) is 0 Å². The minimum atomic E-state index is -0.0907. The smallest absolute Gasteiger partial charge is 0.227 e. The Balaban J connectivity index is 2.02. The van der Waals surface area contributed by atoms with Crippen molar-refractivity contribution in [1.82, 2.24) is 5.32 Å². The van der Waals surface area contributed by atoms with Crippen molar-refractivity contribution >= 4 is 17.5 Å². The summed E-state index contributed by atoms with van der Waals surface area (Å²) in [6.45, 7) is 3.13. The summed E-state index contributed by atoms with van der Waals surface area (Å²) in [7, 11) is 1.58. The first-order valence-electron chi connectivity index (χ1n) is 7.30. The Labute approximate surface area is 125 Å². The van der Waals surface area contributed by atoms with E-state index in [4.69, 9.17) is 4.74 Å². The van der Waals surface area contributed by atoms with E-state index in [0.29, 0.717) is 19.4 Å². The van der Waals surface area contributed by atoms with E-state index < -0.39 is 0 Å². The number of carbonyl (C=O) groups is 2. The van der Waals surface area contributed by atoms with E-state index >= 15 is 0 Å². The van der Waals surface area contributed by atoms with E-state index in [0.717, 1.165) is 24.2 Å². The largest absolute Gasteiger partial charge is 0.384 e. The Morgan fingerprint density at radius 2 is 2.29 bits per heavy atom. The molecule has 0 saturated carbocycles. The molecule has 5 heteroatoms. The number of benzene rings is 1. The van der Waals surface area contributed by atoms with Gasteiger partial charge in [0.2, 0.25) is 11.8 Å². The second-order valence-electron chi connectivity index (χ2n) is 5.28. The van der Waals surface area contributed by atoms with Crippen molar-refractivity contribution in [3.05, 3.63) is 29.8 Å². The average molecular weight is 290 g/mol. The molecular weight excluding hydrogens is 268 g/mol. The van der Waals surface area contributed by atoms with Gasteiger partial charge in [0.15, 0.2) is 0 Å². The molecule has 1 N–H and O–H groups in total. The van der Waals surface area contributed by atoms with Gasteiger partial charge in [-0.1, -0.05) is 12.1 Å². The van der Waals surface area contributed by atoms with Crippen LogP contribution in [-0.2, 0) is 14.3 Å². The van der Waals surface area contributed by atoms with Crippen LogP contribution in [0.5, 0.6) is 0 Å². The lowest BCUT2D eigenvalue weighted by Crippen LogP contribution is -2.28. The summed E-state index contributed by atoms with van der Waals surface area (Å²) in [4.78, 5) is 25.3. The van der Waals surface area contributed by atoms with Crippen LogP contribution in [-0.4, -0.2) is 32.1 Å². The third-order valence-electron chi connectivity index (χ3n) is 3.67. The molecule has 0 aromatic heterocycles. The SMILES string of the molecule is COCCC(=O)NC(C)c1cccc(N2CCCC2=O)c1. The zero-order valence-corrected chi connectivity index (χ0v) is 12.6. The second-order valence-corrected chi connectivity index (χ2v) is 5.28. The van der Waals surface area contributed by atoms with Crippen LogP contribution in [0, 0.1) is 0 Å². The Morgan fingerprint density at radius 3 is 2.95 bits per heavy atom. The third kappa shape index (κ3) is 4.04. The van der Waals surface area contributed by atoms with Gasteiger partial charge < -0.3 is 15.0 Å². The lowest BCUT2D eigenvalue weighted by molar-refractivity contribution is -0.122. The molecule has 1 aliphatic heterocycles. The zero-order valence-electron chi connectivity index (χ0n) is 12.6. The molecule has 1 aliphatic rings. The van der Waals surface area contributed by atoms with Crippen molar-refractivity contribution in [1.29, 1.82) is 0 Å². The predicted octanol–water partition coefficient (Wildman–Crippen LogP) is 2.03. The molecule has 1 fully saturated rings. The van der Waals surface area contributed by atoms with E-state index in [1.54, 1.807) is 7.11 Å². The van der Waals surface area contributed by atoms with E-state index in [9.17, 15) is 9.59 Å². The molecule has 5 nitrogen and oxygen atoms in total. The highest BCUT2D eigenvalue weighted by Gasteiger charge is 2.22. The molecule has 0 radical (unpaired) electrons. The van der Waals surface area contributed by atoms with E-state index in [1.165, 1.54) is 0 Å². The van der Waals surface area contributed by atoms with Crippen LogP contribution in [0.15, 0.2) is 24.3 Å². The molecule has 0 aliphatic carbocycles. The highest BCUT2D eigenvalue weighted by atomic mass is 16.5. The molecule has 1 heterocycles. The quantitative estimate of drug-likeness (QED) is 0.872. The maximum atomic E-state index is 11.8. The maximum Gasteiger partial charge on any atom is 0.227 e. The first-order chi connectivity index (χ1) is 10.1. The number of hydrogen-bond acceptors (Lipinski definition) is 3. The van der Waals surface area contributed by atoms with Crippen LogP contribution in [0.4, 0.5) is 5.69 Å². The minimum Gasteiger partial charge on any atom is -0.384 e. The molecule has 0 bridgehead atoms. The van der Waals surface area contributed by atoms with E-state index in [2.05, 4.69) is 5.32 Å². The fourth-order valence-electron chi connectivity index (χ4n) is 2.47. The fraction of sp³-hybridized carbons (Fsp3) is 0.500. The van der Waals surface area contributed by atoms with Crippen molar-refractivity contribution < 1.29 is 14.3 Å².